The number of ketones is 1. The number of benzene rings is 1. The molecule has 0 aromatic heterocycles. The molecule has 6 heteroatoms. The Kier molecular flexibility index (Phi) is 3.44. The first-order valence-electron chi connectivity index (χ1n) is 4.33. The van der Waals surface area contributed by atoms with Gasteiger partial charge < -0.3 is 15.6 Å². The number of carboxylic acid groups (broad SMARTS) is 1. The third-order valence-electron chi connectivity index (χ3n) is 1.93. The molecule has 1 aromatic carbocycles. The molecule has 0 bridgehead atoms. The highest BCUT2D eigenvalue weighted by molar-refractivity contribution is 6.07. The fraction of sp³-hybridized carbons (Fsp3) is 0.200. The topological polar surface area (TPSA) is 89.6 Å². The van der Waals surface area contributed by atoms with Gasteiger partial charge in [-0.15, -0.1) is 0 Å². The van der Waals surface area contributed by atoms with Crippen molar-refractivity contribution >= 4 is 17.4 Å². The van der Waals surface area contributed by atoms with Gasteiger partial charge in [0.05, 0.1) is 18.4 Å². The summed E-state index contributed by atoms with van der Waals surface area (Å²) in [4.78, 5) is 21.8. The summed E-state index contributed by atoms with van der Waals surface area (Å²) < 4.78 is 17.9. The van der Waals surface area contributed by atoms with Crippen LogP contribution < -0.4 is 10.5 Å². The zero-order chi connectivity index (χ0) is 12.3. The van der Waals surface area contributed by atoms with Gasteiger partial charge in [-0.25, -0.2) is 4.39 Å². The van der Waals surface area contributed by atoms with E-state index in [1.807, 2.05) is 0 Å². The van der Waals surface area contributed by atoms with Gasteiger partial charge in [-0.05, 0) is 6.07 Å². The number of rotatable bonds is 4. The van der Waals surface area contributed by atoms with Crippen LogP contribution in [0.4, 0.5) is 10.1 Å². The molecule has 0 heterocycles. The maximum Gasteiger partial charge on any atom is 0.311 e. The molecule has 0 spiro atoms. The van der Waals surface area contributed by atoms with Crippen molar-refractivity contribution in [2.45, 2.75) is 6.42 Å². The molecule has 1 aromatic rings. The second-order valence-electron chi connectivity index (χ2n) is 3.07. The van der Waals surface area contributed by atoms with E-state index >= 15 is 0 Å². The van der Waals surface area contributed by atoms with Crippen molar-refractivity contribution in [1.82, 2.24) is 0 Å². The highest BCUT2D eigenvalue weighted by atomic mass is 19.1. The van der Waals surface area contributed by atoms with Crippen molar-refractivity contribution in [3.63, 3.8) is 0 Å². The summed E-state index contributed by atoms with van der Waals surface area (Å²) in [6, 6.07) is 2.02. The van der Waals surface area contributed by atoms with E-state index in [9.17, 15) is 14.0 Å². The first kappa shape index (κ1) is 12.0. The Bertz CT molecular complexity index is 445. The average molecular weight is 227 g/mol. The SMILES string of the molecule is COc1cc(N)c(F)cc1C(=O)CC(=O)O. The molecule has 0 radical (unpaired) electrons. The Morgan fingerprint density at radius 2 is 2.12 bits per heavy atom. The summed E-state index contributed by atoms with van der Waals surface area (Å²) in [5.41, 5.74) is 4.99. The Morgan fingerprint density at radius 1 is 1.50 bits per heavy atom. The number of Topliss-reactive ketones (excluding diaryl/α,β-unsaturated/α-hetero) is 1. The van der Waals surface area contributed by atoms with Crippen molar-refractivity contribution in [2.75, 3.05) is 12.8 Å². The molecule has 0 atom stereocenters. The summed E-state index contributed by atoms with van der Waals surface area (Å²) >= 11 is 0. The van der Waals surface area contributed by atoms with Gasteiger partial charge in [0, 0.05) is 6.07 Å². The Hall–Kier alpha value is -2.11. The van der Waals surface area contributed by atoms with Crippen molar-refractivity contribution in [3.8, 4) is 5.75 Å². The van der Waals surface area contributed by atoms with E-state index in [4.69, 9.17) is 15.6 Å². The monoisotopic (exact) mass is 227 g/mol. The fourth-order valence-corrected chi connectivity index (χ4v) is 1.19. The summed E-state index contributed by atoms with van der Waals surface area (Å²) in [5.74, 6) is -2.74. The van der Waals surface area contributed by atoms with E-state index in [1.165, 1.54) is 7.11 Å². The lowest BCUT2D eigenvalue weighted by atomic mass is 10.1. The van der Waals surface area contributed by atoms with Gasteiger partial charge in [-0.2, -0.15) is 0 Å². The predicted octanol–water partition coefficient (Wildman–Crippen LogP) is 1.07. The van der Waals surface area contributed by atoms with Crippen LogP contribution in [0.2, 0.25) is 0 Å². The van der Waals surface area contributed by atoms with Crippen LogP contribution in [0.25, 0.3) is 0 Å². The van der Waals surface area contributed by atoms with Crippen LogP contribution in [0.15, 0.2) is 12.1 Å². The molecular weight excluding hydrogens is 217 g/mol. The van der Waals surface area contributed by atoms with Gasteiger partial charge in [-0.1, -0.05) is 0 Å². The Morgan fingerprint density at radius 3 is 2.62 bits per heavy atom. The molecule has 0 aliphatic carbocycles. The third kappa shape index (κ3) is 2.47. The molecule has 1 rings (SSSR count). The van der Waals surface area contributed by atoms with Gasteiger partial charge in [0.25, 0.3) is 0 Å². The van der Waals surface area contributed by atoms with Gasteiger partial charge in [0.15, 0.2) is 5.78 Å². The Labute approximate surface area is 90.6 Å². The van der Waals surface area contributed by atoms with E-state index in [-0.39, 0.29) is 17.0 Å². The maximum atomic E-state index is 13.1. The molecule has 16 heavy (non-hydrogen) atoms. The third-order valence-corrected chi connectivity index (χ3v) is 1.93. The normalized spacial score (nSPS) is 9.88. The van der Waals surface area contributed by atoms with Crippen molar-refractivity contribution in [3.05, 3.63) is 23.5 Å². The number of nitrogens with two attached hydrogens (primary N) is 1. The number of hydrogen-bond acceptors (Lipinski definition) is 4. The number of carbonyl (C=O) groups is 2. The highest BCUT2D eigenvalue weighted by Crippen LogP contribution is 2.25. The van der Waals surface area contributed by atoms with Crippen LogP contribution in [-0.2, 0) is 4.79 Å². The molecule has 0 aliphatic heterocycles. The zero-order valence-electron chi connectivity index (χ0n) is 8.49. The molecule has 0 aliphatic rings. The van der Waals surface area contributed by atoms with Gasteiger partial charge in [0.1, 0.15) is 18.0 Å². The number of carboxylic acids is 1. The molecule has 0 unspecified atom stereocenters. The van der Waals surface area contributed by atoms with Crippen molar-refractivity contribution in [2.24, 2.45) is 0 Å². The van der Waals surface area contributed by atoms with Gasteiger partial charge in [-0.3, -0.25) is 9.59 Å². The number of halogens is 1. The summed E-state index contributed by atoms with van der Waals surface area (Å²) in [6.07, 6.45) is -0.723. The van der Waals surface area contributed by atoms with Crippen LogP contribution in [0.5, 0.6) is 5.75 Å². The quantitative estimate of drug-likeness (QED) is 0.456. The number of methoxy groups -OCH3 is 1. The summed E-state index contributed by atoms with van der Waals surface area (Å²) in [6.45, 7) is 0. The van der Waals surface area contributed by atoms with Gasteiger partial charge in [0.2, 0.25) is 0 Å². The van der Waals surface area contributed by atoms with E-state index in [1.54, 1.807) is 0 Å². The minimum absolute atomic E-state index is 0.0603. The highest BCUT2D eigenvalue weighted by Gasteiger charge is 2.17. The standard InChI is InChI=1S/C10H10FNO4/c1-16-9-3-7(12)6(11)2-5(9)8(13)4-10(14)15/h2-3H,4,12H2,1H3,(H,14,15). The number of nitrogen functional groups attached to an aromatic ring is 1. The van der Waals surface area contributed by atoms with Crippen LogP contribution in [-0.4, -0.2) is 24.0 Å². The summed E-state index contributed by atoms with van der Waals surface area (Å²) in [7, 11) is 1.28. The molecule has 86 valence electrons. The van der Waals surface area contributed by atoms with E-state index in [2.05, 4.69) is 0 Å². The molecule has 5 nitrogen and oxygen atoms in total. The largest absolute Gasteiger partial charge is 0.496 e. The Balaban J connectivity index is 3.16. The average Bonchev–Trinajstić information content (AvgIpc) is 2.20. The number of hydrogen-bond donors (Lipinski definition) is 2. The van der Waals surface area contributed by atoms with E-state index in [0.717, 1.165) is 12.1 Å². The van der Waals surface area contributed by atoms with Gasteiger partial charge >= 0.3 is 5.97 Å². The fourth-order valence-electron chi connectivity index (χ4n) is 1.19. The minimum atomic E-state index is -1.29. The zero-order valence-corrected chi connectivity index (χ0v) is 8.49. The number of aliphatic carboxylic acids is 1. The van der Waals surface area contributed by atoms with Crippen LogP contribution in [0.3, 0.4) is 0 Å². The molecule has 0 fully saturated rings. The second kappa shape index (κ2) is 4.61. The van der Waals surface area contributed by atoms with Crippen LogP contribution in [0, 0.1) is 5.82 Å². The maximum absolute atomic E-state index is 13.1. The lowest BCUT2D eigenvalue weighted by Crippen LogP contribution is -2.09. The van der Waals surface area contributed by atoms with Crippen LogP contribution >= 0.6 is 0 Å². The number of anilines is 1. The van der Waals surface area contributed by atoms with Crippen LogP contribution in [0.1, 0.15) is 16.8 Å². The lowest BCUT2D eigenvalue weighted by molar-refractivity contribution is -0.135. The minimum Gasteiger partial charge on any atom is -0.496 e. The number of ether oxygens (including phenoxy) is 1. The molecule has 0 saturated heterocycles. The lowest BCUT2D eigenvalue weighted by Gasteiger charge is -2.08. The first-order chi connectivity index (χ1) is 7.45. The van der Waals surface area contributed by atoms with E-state index < -0.39 is 24.0 Å². The number of carbonyl (C=O) groups excluding carboxylic acids is 1. The molecule has 0 saturated carbocycles. The van der Waals surface area contributed by atoms with E-state index in [0.29, 0.717) is 0 Å². The predicted molar refractivity (Wildman–Crippen MR) is 53.9 cm³/mol. The molecule has 3 N–H and O–H groups in total. The summed E-state index contributed by atoms with van der Waals surface area (Å²) in [5, 5.41) is 8.45. The molecule has 0 amide bonds. The first-order valence-corrected chi connectivity index (χ1v) is 4.33. The molecular formula is C10H10FNO4. The second-order valence-corrected chi connectivity index (χ2v) is 3.07. The van der Waals surface area contributed by atoms with Crippen molar-refractivity contribution in [1.29, 1.82) is 0 Å². The van der Waals surface area contributed by atoms with Crippen molar-refractivity contribution < 1.29 is 23.8 Å². The smallest absolute Gasteiger partial charge is 0.311 e.